The van der Waals surface area contributed by atoms with Crippen LogP contribution in [0.4, 0.5) is 0 Å². The van der Waals surface area contributed by atoms with Crippen LogP contribution in [0.1, 0.15) is 30.1 Å². The van der Waals surface area contributed by atoms with Gasteiger partial charge in [-0.3, -0.25) is 4.79 Å². The van der Waals surface area contributed by atoms with E-state index in [0.29, 0.717) is 5.92 Å². The predicted molar refractivity (Wildman–Crippen MR) is 80.2 cm³/mol. The van der Waals surface area contributed by atoms with E-state index < -0.39 is 15.9 Å². The molecule has 0 heterocycles. The highest BCUT2D eigenvalue weighted by molar-refractivity contribution is 9.10. The van der Waals surface area contributed by atoms with Crippen LogP contribution in [0.5, 0.6) is 0 Å². The number of primary sulfonamides is 1. The quantitative estimate of drug-likeness (QED) is 0.838. The summed E-state index contributed by atoms with van der Waals surface area (Å²) in [6, 6.07) is 2.59. The first-order valence-corrected chi connectivity index (χ1v) is 8.74. The molecule has 1 aromatic rings. The van der Waals surface area contributed by atoms with E-state index >= 15 is 0 Å². The van der Waals surface area contributed by atoms with Crippen LogP contribution >= 0.6 is 27.5 Å². The van der Waals surface area contributed by atoms with Crippen LogP contribution < -0.4 is 10.5 Å². The summed E-state index contributed by atoms with van der Waals surface area (Å²) in [7, 11) is -3.92. The Kier molecular flexibility index (Phi) is 4.44. The molecule has 0 aliphatic heterocycles. The van der Waals surface area contributed by atoms with Gasteiger partial charge in [-0.2, -0.15) is 0 Å². The van der Waals surface area contributed by atoms with Gasteiger partial charge in [0.15, 0.2) is 0 Å². The van der Waals surface area contributed by atoms with E-state index in [1.807, 2.05) is 6.92 Å². The predicted octanol–water partition coefficient (Wildman–Crippen LogP) is 2.28. The van der Waals surface area contributed by atoms with Gasteiger partial charge in [-0.15, -0.1) is 0 Å². The minimum Gasteiger partial charge on any atom is -0.349 e. The molecule has 0 spiro atoms. The van der Waals surface area contributed by atoms with Gasteiger partial charge >= 0.3 is 0 Å². The van der Waals surface area contributed by atoms with Crippen LogP contribution in [-0.4, -0.2) is 20.4 Å². The molecular weight excluding hydrogens is 368 g/mol. The Labute approximate surface area is 131 Å². The van der Waals surface area contributed by atoms with Gasteiger partial charge in [0.05, 0.1) is 15.5 Å². The number of rotatable bonds is 4. The molecule has 1 saturated carbocycles. The van der Waals surface area contributed by atoms with Gasteiger partial charge in [-0.1, -0.05) is 11.6 Å². The zero-order valence-electron chi connectivity index (χ0n) is 10.7. The standard InChI is InChI=1S/C12H14BrClN2O3S/c1-6(7-2-3-7)16-12(17)8-4-11(20(15,18)19)9(13)5-10(8)14/h4-7H,2-3H2,1H3,(H,16,17)(H2,15,18,19). The highest BCUT2D eigenvalue weighted by Crippen LogP contribution is 2.33. The number of hydrogen-bond donors (Lipinski definition) is 2. The maximum atomic E-state index is 12.2. The monoisotopic (exact) mass is 380 g/mol. The SMILES string of the molecule is CC(NC(=O)c1cc(S(N)(=O)=O)c(Br)cc1Cl)C1CC1. The molecule has 1 atom stereocenters. The summed E-state index contributed by atoms with van der Waals surface area (Å²) >= 11 is 9.07. The first-order valence-electron chi connectivity index (χ1n) is 6.03. The molecule has 20 heavy (non-hydrogen) atoms. The van der Waals surface area contributed by atoms with Crippen molar-refractivity contribution in [3.63, 3.8) is 0 Å². The number of halogens is 2. The second-order valence-electron chi connectivity index (χ2n) is 4.91. The highest BCUT2D eigenvalue weighted by atomic mass is 79.9. The third kappa shape index (κ3) is 3.52. The van der Waals surface area contributed by atoms with Crippen molar-refractivity contribution in [2.24, 2.45) is 11.1 Å². The number of carbonyl (C=O) groups excluding carboxylic acids is 1. The zero-order chi connectivity index (χ0) is 15.1. The molecule has 1 fully saturated rings. The van der Waals surface area contributed by atoms with Crippen molar-refractivity contribution in [2.75, 3.05) is 0 Å². The lowest BCUT2D eigenvalue weighted by Crippen LogP contribution is -2.34. The third-order valence-corrected chi connectivity index (χ3v) is 5.44. The first kappa shape index (κ1) is 15.8. The molecule has 0 radical (unpaired) electrons. The Balaban J connectivity index is 2.33. The van der Waals surface area contributed by atoms with Gasteiger partial charge in [0.2, 0.25) is 10.0 Å². The molecule has 0 bridgehead atoms. The normalized spacial score (nSPS) is 16.8. The molecule has 1 aliphatic carbocycles. The van der Waals surface area contributed by atoms with E-state index in [1.165, 1.54) is 12.1 Å². The van der Waals surface area contributed by atoms with E-state index in [2.05, 4.69) is 21.2 Å². The molecule has 1 aliphatic rings. The molecule has 0 saturated heterocycles. The molecule has 3 N–H and O–H groups in total. The summed E-state index contributed by atoms with van der Waals surface area (Å²) in [6.45, 7) is 1.92. The molecule has 1 aromatic carbocycles. The highest BCUT2D eigenvalue weighted by Gasteiger charge is 2.30. The summed E-state index contributed by atoms with van der Waals surface area (Å²) in [5.74, 6) is 0.0951. The van der Waals surface area contributed by atoms with Crippen LogP contribution in [0.3, 0.4) is 0 Å². The van der Waals surface area contributed by atoms with Gasteiger partial charge in [-0.05, 0) is 53.7 Å². The number of hydrogen-bond acceptors (Lipinski definition) is 3. The van der Waals surface area contributed by atoms with Crippen molar-refractivity contribution in [1.82, 2.24) is 5.32 Å². The summed E-state index contributed by atoms with van der Waals surface area (Å²) in [4.78, 5) is 12.0. The van der Waals surface area contributed by atoms with Crippen LogP contribution in [0.2, 0.25) is 5.02 Å². The molecule has 8 heteroatoms. The Morgan fingerprint density at radius 2 is 2.10 bits per heavy atom. The fourth-order valence-electron chi connectivity index (χ4n) is 1.92. The van der Waals surface area contributed by atoms with Crippen LogP contribution in [0.15, 0.2) is 21.5 Å². The lowest BCUT2D eigenvalue weighted by atomic mass is 10.1. The lowest BCUT2D eigenvalue weighted by molar-refractivity contribution is 0.0936. The van der Waals surface area contributed by atoms with Crippen LogP contribution in [0, 0.1) is 5.92 Å². The number of benzene rings is 1. The van der Waals surface area contributed by atoms with Gasteiger partial charge in [0, 0.05) is 10.5 Å². The smallest absolute Gasteiger partial charge is 0.253 e. The topological polar surface area (TPSA) is 89.3 Å². The fourth-order valence-corrected chi connectivity index (χ4v) is 3.93. The second kappa shape index (κ2) is 5.63. The summed E-state index contributed by atoms with van der Waals surface area (Å²) in [6.07, 6.45) is 2.19. The summed E-state index contributed by atoms with van der Waals surface area (Å²) in [5, 5.41) is 8.10. The largest absolute Gasteiger partial charge is 0.349 e. The van der Waals surface area contributed by atoms with Crippen molar-refractivity contribution < 1.29 is 13.2 Å². The average Bonchev–Trinajstić information content (AvgIpc) is 3.10. The van der Waals surface area contributed by atoms with Crippen molar-refractivity contribution in [2.45, 2.75) is 30.7 Å². The van der Waals surface area contributed by atoms with Crippen molar-refractivity contribution >= 4 is 43.5 Å². The number of sulfonamides is 1. The van der Waals surface area contributed by atoms with Crippen LogP contribution in [0.25, 0.3) is 0 Å². The molecule has 2 rings (SSSR count). The Morgan fingerprint density at radius 3 is 2.60 bits per heavy atom. The van der Waals surface area contributed by atoms with Crippen molar-refractivity contribution in [1.29, 1.82) is 0 Å². The van der Waals surface area contributed by atoms with E-state index in [0.717, 1.165) is 12.8 Å². The Hall–Kier alpha value is -0.630. The van der Waals surface area contributed by atoms with Gasteiger partial charge in [-0.25, -0.2) is 13.6 Å². The third-order valence-electron chi connectivity index (χ3n) is 3.26. The molecule has 1 amide bonds. The molecular formula is C12H14BrClN2O3S. The van der Waals surface area contributed by atoms with Gasteiger partial charge in [0.25, 0.3) is 5.91 Å². The van der Waals surface area contributed by atoms with E-state index in [1.54, 1.807) is 0 Å². The Morgan fingerprint density at radius 1 is 1.50 bits per heavy atom. The first-order chi connectivity index (χ1) is 9.20. The van der Waals surface area contributed by atoms with Gasteiger partial charge < -0.3 is 5.32 Å². The number of nitrogens with two attached hydrogens (primary N) is 1. The number of amides is 1. The summed E-state index contributed by atoms with van der Waals surface area (Å²) in [5.41, 5.74) is 0.103. The Bertz CT molecular complexity index is 659. The second-order valence-corrected chi connectivity index (χ2v) is 7.70. The van der Waals surface area contributed by atoms with Crippen LogP contribution in [-0.2, 0) is 10.0 Å². The summed E-state index contributed by atoms with van der Waals surface area (Å²) < 4.78 is 23.1. The molecule has 110 valence electrons. The molecule has 0 aromatic heterocycles. The minimum atomic E-state index is -3.92. The maximum absolute atomic E-state index is 12.2. The number of carbonyl (C=O) groups is 1. The van der Waals surface area contributed by atoms with Gasteiger partial charge in [0.1, 0.15) is 0 Å². The number of nitrogens with one attached hydrogen (secondary N) is 1. The maximum Gasteiger partial charge on any atom is 0.253 e. The zero-order valence-corrected chi connectivity index (χ0v) is 13.8. The van der Waals surface area contributed by atoms with Crippen molar-refractivity contribution in [3.05, 3.63) is 27.2 Å². The fraction of sp³-hybridized carbons (Fsp3) is 0.417. The van der Waals surface area contributed by atoms with E-state index in [4.69, 9.17) is 16.7 Å². The van der Waals surface area contributed by atoms with E-state index in [9.17, 15) is 13.2 Å². The lowest BCUT2D eigenvalue weighted by Gasteiger charge is -2.14. The van der Waals surface area contributed by atoms with E-state index in [-0.39, 0.29) is 26.0 Å². The van der Waals surface area contributed by atoms with Crippen molar-refractivity contribution in [3.8, 4) is 0 Å². The average molecular weight is 382 g/mol. The molecule has 1 unspecified atom stereocenters. The molecule has 5 nitrogen and oxygen atoms in total. The minimum absolute atomic E-state index is 0.0418.